The Labute approximate surface area is 106 Å². The molecule has 2 bridgehead atoms. The molecule has 3 unspecified atom stereocenters. The summed E-state index contributed by atoms with van der Waals surface area (Å²) in [6, 6.07) is 5.20. The molecule has 2 aliphatic rings. The van der Waals surface area contributed by atoms with E-state index in [0.717, 1.165) is 19.3 Å². The van der Waals surface area contributed by atoms with Crippen molar-refractivity contribution in [1.82, 2.24) is 0 Å². The molecule has 1 aromatic rings. The fourth-order valence-corrected chi connectivity index (χ4v) is 3.23. The highest BCUT2D eigenvalue weighted by molar-refractivity contribution is 5.33. The highest BCUT2D eigenvalue weighted by Crippen LogP contribution is 2.42. The van der Waals surface area contributed by atoms with Gasteiger partial charge in [0.15, 0.2) is 11.6 Å². The molecule has 0 aliphatic carbocycles. The van der Waals surface area contributed by atoms with E-state index in [9.17, 15) is 4.39 Å². The minimum Gasteiger partial charge on any atom is -0.494 e. The first-order valence-electron chi connectivity index (χ1n) is 6.38. The van der Waals surface area contributed by atoms with Gasteiger partial charge in [0.25, 0.3) is 0 Å². The van der Waals surface area contributed by atoms with E-state index in [0.29, 0.717) is 12.0 Å². The zero-order valence-corrected chi connectivity index (χ0v) is 10.5. The molecule has 2 heterocycles. The Kier molecular flexibility index (Phi) is 2.79. The Morgan fingerprint density at radius 2 is 2.33 bits per heavy atom. The number of benzene rings is 1. The number of methoxy groups -OCH3 is 1. The Morgan fingerprint density at radius 1 is 1.50 bits per heavy atom. The minimum absolute atomic E-state index is 0.0769. The third-order valence-electron chi connectivity index (χ3n) is 4.14. The predicted molar refractivity (Wildman–Crippen MR) is 66.1 cm³/mol. The van der Waals surface area contributed by atoms with Gasteiger partial charge < -0.3 is 15.2 Å². The molecular weight excluding hydrogens is 233 g/mol. The van der Waals surface area contributed by atoms with Crippen LogP contribution in [-0.4, -0.2) is 24.9 Å². The van der Waals surface area contributed by atoms with Crippen molar-refractivity contribution in [2.24, 2.45) is 5.73 Å². The van der Waals surface area contributed by atoms with Gasteiger partial charge in [0.1, 0.15) is 0 Å². The van der Waals surface area contributed by atoms with Crippen LogP contribution in [-0.2, 0) is 11.2 Å². The Balaban J connectivity index is 1.85. The lowest BCUT2D eigenvalue weighted by Gasteiger charge is -2.31. The molecule has 3 atom stereocenters. The highest BCUT2D eigenvalue weighted by atomic mass is 19.1. The molecule has 18 heavy (non-hydrogen) atoms. The number of halogens is 1. The van der Waals surface area contributed by atoms with Crippen LogP contribution in [0.5, 0.6) is 5.75 Å². The Hall–Kier alpha value is -1.13. The van der Waals surface area contributed by atoms with Crippen molar-refractivity contribution in [2.75, 3.05) is 7.11 Å². The average Bonchev–Trinajstić information content (AvgIpc) is 2.91. The lowest BCUT2D eigenvalue weighted by Crippen LogP contribution is -2.50. The molecular formula is C14H18FNO2. The lowest BCUT2D eigenvalue weighted by molar-refractivity contribution is 0.0854. The summed E-state index contributed by atoms with van der Waals surface area (Å²) in [6.45, 7) is 0. The molecule has 0 amide bonds. The second kappa shape index (κ2) is 4.21. The molecule has 0 saturated carbocycles. The van der Waals surface area contributed by atoms with Gasteiger partial charge in [0, 0.05) is 5.54 Å². The van der Waals surface area contributed by atoms with Crippen molar-refractivity contribution in [3.8, 4) is 5.75 Å². The van der Waals surface area contributed by atoms with E-state index in [4.69, 9.17) is 15.2 Å². The maximum Gasteiger partial charge on any atom is 0.168 e. The largest absolute Gasteiger partial charge is 0.494 e. The molecule has 2 N–H and O–H groups in total. The van der Waals surface area contributed by atoms with Gasteiger partial charge in [0.05, 0.1) is 19.3 Å². The Morgan fingerprint density at radius 3 is 2.94 bits per heavy atom. The minimum atomic E-state index is -0.421. The van der Waals surface area contributed by atoms with Crippen LogP contribution in [0.3, 0.4) is 0 Å². The summed E-state index contributed by atoms with van der Waals surface area (Å²) in [6.07, 6.45) is 3.77. The van der Waals surface area contributed by atoms with E-state index in [1.165, 1.54) is 7.11 Å². The fourth-order valence-electron chi connectivity index (χ4n) is 3.23. The molecule has 3 nitrogen and oxygen atoms in total. The van der Waals surface area contributed by atoms with Gasteiger partial charge in [-0.3, -0.25) is 0 Å². The summed E-state index contributed by atoms with van der Waals surface area (Å²) in [4.78, 5) is 0. The van der Waals surface area contributed by atoms with E-state index in [1.807, 2.05) is 0 Å². The van der Waals surface area contributed by atoms with Gasteiger partial charge in [-0.25, -0.2) is 4.39 Å². The quantitative estimate of drug-likeness (QED) is 0.894. The van der Waals surface area contributed by atoms with Crippen molar-refractivity contribution in [1.29, 1.82) is 0 Å². The summed E-state index contributed by atoms with van der Waals surface area (Å²) in [5, 5.41) is 0. The number of hydrogen-bond acceptors (Lipinski definition) is 3. The van der Waals surface area contributed by atoms with Crippen molar-refractivity contribution < 1.29 is 13.9 Å². The average molecular weight is 251 g/mol. The lowest BCUT2D eigenvalue weighted by atomic mass is 9.78. The van der Waals surface area contributed by atoms with E-state index in [2.05, 4.69) is 0 Å². The molecule has 3 rings (SSSR count). The van der Waals surface area contributed by atoms with Crippen molar-refractivity contribution in [2.45, 2.75) is 43.4 Å². The number of rotatable bonds is 3. The van der Waals surface area contributed by atoms with E-state index >= 15 is 0 Å². The van der Waals surface area contributed by atoms with Gasteiger partial charge >= 0.3 is 0 Å². The smallest absolute Gasteiger partial charge is 0.168 e. The topological polar surface area (TPSA) is 44.5 Å². The summed E-state index contributed by atoms with van der Waals surface area (Å²) in [5.74, 6) is -0.0206. The Bertz CT molecular complexity index is 465. The van der Waals surface area contributed by atoms with Crippen LogP contribution in [0, 0.1) is 5.82 Å². The maximum absolute atomic E-state index is 14.1. The van der Waals surface area contributed by atoms with Crippen molar-refractivity contribution in [3.05, 3.63) is 29.6 Å². The van der Waals surface area contributed by atoms with Crippen molar-refractivity contribution in [3.63, 3.8) is 0 Å². The van der Waals surface area contributed by atoms with Crippen LogP contribution in [0.1, 0.15) is 24.8 Å². The maximum atomic E-state index is 14.1. The van der Waals surface area contributed by atoms with Gasteiger partial charge in [-0.15, -0.1) is 0 Å². The zero-order chi connectivity index (χ0) is 12.8. The third kappa shape index (κ3) is 1.80. The summed E-state index contributed by atoms with van der Waals surface area (Å²) < 4.78 is 24.9. The van der Waals surface area contributed by atoms with Crippen LogP contribution in [0.15, 0.2) is 18.2 Å². The molecule has 1 aromatic carbocycles. The monoisotopic (exact) mass is 251 g/mol. The molecule has 2 saturated heterocycles. The molecule has 0 radical (unpaired) electrons. The van der Waals surface area contributed by atoms with Crippen LogP contribution in [0.25, 0.3) is 0 Å². The third-order valence-corrected chi connectivity index (χ3v) is 4.14. The fraction of sp³-hybridized carbons (Fsp3) is 0.571. The number of hydrogen-bond donors (Lipinski definition) is 1. The first kappa shape index (κ1) is 11.9. The number of ether oxygens (including phenoxy) is 2. The van der Waals surface area contributed by atoms with Crippen LogP contribution in [0.4, 0.5) is 4.39 Å². The van der Waals surface area contributed by atoms with E-state index in [1.54, 1.807) is 18.2 Å². The van der Waals surface area contributed by atoms with Gasteiger partial charge in [-0.2, -0.15) is 0 Å². The molecule has 0 spiro atoms. The van der Waals surface area contributed by atoms with E-state index in [-0.39, 0.29) is 23.8 Å². The summed E-state index contributed by atoms with van der Waals surface area (Å²) in [5.41, 5.74) is 6.60. The first-order valence-corrected chi connectivity index (χ1v) is 6.38. The van der Waals surface area contributed by atoms with E-state index < -0.39 is 5.54 Å². The second-order valence-corrected chi connectivity index (χ2v) is 5.37. The predicted octanol–water partition coefficient (Wildman–Crippen LogP) is 2.03. The van der Waals surface area contributed by atoms with Crippen LogP contribution < -0.4 is 10.5 Å². The van der Waals surface area contributed by atoms with Gasteiger partial charge in [0.2, 0.25) is 0 Å². The summed E-state index contributed by atoms with van der Waals surface area (Å²) >= 11 is 0. The molecule has 98 valence electrons. The van der Waals surface area contributed by atoms with Crippen LogP contribution >= 0.6 is 0 Å². The highest BCUT2D eigenvalue weighted by Gasteiger charge is 2.50. The molecule has 0 aromatic heterocycles. The van der Waals surface area contributed by atoms with Gasteiger partial charge in [-0.1, -0.05) is 12.1 Å². The zero-order valence-electron chi connectivity index (χ0n) is 10.5. The number of fused-ring (bicyclic) bond motifs is 2. The van der Waals surface area contributed by atoms with Crippen molar-refractivity contribution >= 4 is 0 Å². The molecule has 4 heteroatoms. The van der Waals surface area contributed by atoms with Crippen LogP contribution in [0.2, 0.25) is 0 Å². The second-order valence-electron chi connectivity index (χ2n) is 5.37. The SMILES string of the molecule is COc1cccc(CC2(N)CC3CCC2O3)c1F. The summed E-state index contributed by atoms with van der Waals surface area (Å²) in [7, 11) is 1.47. The van der Waals surface area contributed by atoms with Gasteiger partial charge in [-0.05, 0) is 37.3 Å². The number of nitrogens with two attached hydrogens (primary N) is 1. The molecule has 2 aliphatic heterocycles. The normalized spacial score (nSPS) is 33.9. The standard InChI is InChI=1S/C14H18FNO2/c1-17-11-4-2-3-9(13(11)15)7-14(16)8-10-5-6-12(14)18-10/h2-4,10,12H,5-8,16H2,1H3. The first-order chi connectivity index (χ1) is 8.62. The molecule has 2 fully saturated rings.